The van der Waals surface area contributed by atoms with Crippen LogP contribution in [0.4, 0.5) is 5.69 Å². The molecule has 0 spiro atoms. The van der Waals surface area contributed by atoms with E-state index in [1.165, 1.54) is 38.7 Å². The zero-order valence-electron chi connectivity index (χ0n) is 24.3. The van der Waals surface area contributed by atoms with Crippen molar-refractivity contribution in [2.24, 2.45) is 0 Å². The molecule has 0 saturated carbocycles. The van der Waals surface area contributed by atoms with Crippen molar-refractivity contribution in [1.29, 1.82) is 0 Å². The summed E-state index contributed by atoms with van der Waals surface area (Å²) in [4.78, 5) is 0. The Labute approximate surface area is 283 Å². The van der Waals surface area contributed by atoms with Crippen LogP contribution in [0.1, 0.15) is 76.0 Å². The first-order valence-electron chi connectivity index (χ1n) is 13.3. The number of para-hydroxylation sites is 1. The molecule has 0 saturated heterocycles. The van der Waals surface area contributed by atoms with E-state index in [1.807, 2.05) is 37.4 Å². The summed E-state index contributed by atoms with van der Waals surface area (Å²) in [5.41, 5.74) is 10.8. The molecule has 6 heteroatoms. The molecule has 4 aromatic rings. The van der Waals surface area contributed by atoms with Crippen LogP contribution < -0.4 is 10.6 Å². The van der Waals surface area contributed by atoms with E-state index in [0.717, 1.165) is 11.3 Å². The molecule has 4 rings (SSSR count). The molecule has 0 bridgehead atoms. The molecule has 0 aliphatic carbocycles. The number of hydrogen-bond acceptors (Lipinski definition) is 1. The van der Waals surface area contributed by atoms with E-state index in [9.17, 15) is 0 Å². The smallest absolute Gasteiger partial charge is 0.0561 e. The third kappa shape index (κ3) is 9.61. The van der Waals surface area contributed by atoms with Crippen molar-refractivity contribution in [2.45, 2.75) is 59.3 Å². The van der Waals surface area contributed by atoms with Crippen LogP contribution >= 0.6 is 47.3 Å². The quantitative estimate of drug-likeness (QED) is 0.0855. The molecule has 2 nitrogen and oxygen atoms in total. The molecule has 0 unspecified atom stereocenters. The maximum atomic E-state index is 3.22. The SMILES string of the molecule is CC(C)c1cc(C(C)C)c(-c2ccccc2P(I)I)c(C(C)C)c1.CNc1ccccc1-c1[c-]cccc1.O.[Pd]. The second-order valence-corrected chi connectivity index (χ2v) is 22.6. The first-order chi connectivity index (χ1) is 18.1. The molecular formula is C34H41I2NOPPd-. The minimum atomic E-state index is -0.183. The Morgan fingerprint density at radius 3 is 1.70 bits per heavy atom. The average Bonchev–Trinajstić information content (AvgIpc) is 2.92. The van der Waals surface area contributed by atoms with Gasteiger partial charge in [0.25, 0.3) is 0 Å². The molecule has 4 aromatic carbocycles. The topological polar surface area (TPSA) is 43.5 Å². The second-order valence-electron chi connectivity index (χ2n) is 10.4. The van der Waals surface area contributed by atoms with E-state index < -0.39 is 0 Å². The third-order valence-electron chi connectivity index (χ3n) is 6.68. The molecule has 0 aliphatic rings. The van der Waals surface area contributed by atoms with Crippen molar-refractivity contribution in [1.82, 2.24) is 0 Å². The Kier molecular flexibility index (Phi) is 16.7. The Morgan fingerprint density at radius 2 is 1.23 bits per heavy atom. The first-order valence-corrected chi connectivity index (χ1v) is 20.2. The Balaban J connectivity index is 0.000000428. The van der Waals surface area contributed by atoms with Gasteiger partial charge in [0.2, 0.25) is 0 Å². The van der Waals surface area contributed by atoms with Gasteiger partial charge in [-0.3, -0.25) is 0 Å². The fraction of sp³-hybridized carbons (Fsp3) is 0.294. The Hall–Kier alpha value is -0.808. The molecule has 0 aliphatic heterocycles. The standard InChI is InChI=1S/C21H27I2P.C13H12N.H2O.Pd/c1-13(2)16-11-18(14(3)4)21(19(12-16)15(5)6)17-9-7-8-10-20(17)24(22)23;1-14-13-10-6-5-9-12(13)11-7-3-2-4-8-11;;/h7-15H,1-6H3;2-7,9-10,14H,1H3;1H2;/q;-1;;. The summed E-state index contributed by atoms with van der Waals surface area (Å²) in [7, 11) is 1.93. The van der Waals surface area contributed by atoms with Crippen molar-refractivity contribution in [2.75, 3.05) is 12.4 Å². The molecule has 0 aromatic heterocycles. The Morgan fingerprint density at radius 1 is 0.700 bits per heavy atom. The van der Waals surface area contributed by atoms with Crippen LogP contribution in [0.15, 0.2) is 84.9 Å². The second kappa shape index (κ2) is 18.0. The molecule has 218 valence electrons. The van der Waals surface area contributed by atoms with Crippen LogP contribution in [0.25, 0.3) is 22.3 Å². The number of hydrogen-bond donors (Lipinski definition) is 1. The first kappa shape index (κ1) is 37.2. The molecular weight excluding hydrogens is 830 g/mol. The van der Waals surface area contributed by atoms with Gasteiger partial charge in [0.1, 0.15) is 0 Å². The summed E-state index contributed by atoms with van der Waals surface area (Å²) in [6.45, 7) is 13.9. The molecule has 0 atom stereocenters. The van der Waals surface area contributed by atoms with Gasteiger partial charge in [-0.05, 0) is 101 Å². The van der Waals surface area contributed by atoms with Gasteiger partial charge in [-0.25, -0.2) is 0 Å². The molecule has 40 heavy (non-hydrogen) atoms. The largest absolute Gasteiger partial charge is 0.412 e. The summed E-state index contributed by atoms with van der Waals surface area (Å²) < 4.78 is -0.183. The number of nitrogens with one attached hydrogen (secondary N) is 1. The molecule has 0 fully saturated rings. The van der Waals surface area contributed by atoms with Gasteiger partial charge in [-0.15, -0.1) is 35.9 Å². The van der Waals surface area contributed by atoms with E-state index in [1.54, 1.807) is 0 Å². The van der Waals surface area contributed by atoms with Gasteiger partial charge < -0.3 is 10.8 Å². The van der Waals surface area contributed by atoms with Crippen LogP contribution in [-0.4, -0.2) is 12.5 Å². The summed E-state index contributed by atoms with van der Waals surface area (Å²) in [5, 5.41) is 4.67. The third-order valence-corrected chi connectivity index (χ3v) is 10.6. The van der Waals surface area contributed by atoms with Crippen LogP contribution in [-0.2, 0) is 20.4 Å². The van der Waals surface area contributed by atoms with E-state index in [2.05, 4.69) is 152 Å². The van der Waals surface area contributed by atoms with Gasteiger partial charge >= 0.3 is 0 Å². The number of benzene rings is 4. The van der Waals surface area contributed by atoms with Crippen LogP contribution in [0, 0.1) is 6.07 Å². The van der Waals surface area contributed by atoms with E-state index in [4.69, 9.17) is 0 Å². The molecule has 0 heterocycles. The van der Waals surface area contributed by atoms with Gasteiger partial charge in [-0.2, -0.15) is 0 Å². The molecule has 0 amide bonds. The fourth-order valence-electron chi connectivity index (χ4n) is 4.60. The van der Waals surface area contributed by atoms with Gasteiger partial charge in [0.15, 0.2) is 0 Å². The number of anilines is 1. The molecule has 0 radical (unpaired) electrons. The van der Waals surface area contributed by atoms with Crippen molar-refractivity contribution in [3.8, 4) is 22.3 Å². The summed E-state index contributed by atoms with van der Waals surface area (Å²) in [5.74, 6) is 1.62. The zero-order chi connectivity index (χ0) is 27.8. The maximum Gasteiger partial charge on any atom is 0.0561 e. The average molecular weight is 871 g/mol. The maximum absolute atomic E-state index is 3.22. The van der Waals surface area contributed by atoms with E-state index >= 15 is 0 Å². The molecule has 3 N–H and O–H groups in total. The Bertz CT molecular complexity index is 1300. The van der Waals surface area contributed by atoms with E-state index in [-0.39, 0.29) is 29.1 Å². The normalized spacial score (nSPS) is 10.6. The van der Waals surface area contributed by atoms with Crippen molar-refractivity contribution < 1.29 is 25.9 Å². The monoisotopic (exact) mass is 870 g/mol. The van der Waals surface area contributed by atoms with E-state index in [0.29, 0.717) is 17.8 Å². The number of halogens is 2. The predicted octanol–water partition coefficient (Wildman–Crippen LogP) is 10.9. The minimum Gasteiger partial charge on any atom is -0.412 e. The fourth-order valence-corrected chi connectivity index (χ4v) is 7.69. The van der Waals surface area contributed by atoms with Crippen molar-refractivity contribution >= 4 is 58.3 Å². The van der Waals surface area contributed by atoms with Gasteiger partial charge in [-0.1, -0.05) is 102 Å². The summed E-state index contributed by atoms with van der Waals surface area (Å²) in [6.07, 6.45) is 0. The van der Waals surface area contributed by atoms with Crippen LogP contribution in [0.2, 0.25) is 0 Å². The predicted molar refractivity (Wildman–Crippen MR) is 193 cm³/mol. The van der Waals surface area contributed by atoms with Crippen LogP contribution in [0.5, 0.6) is 0 Å². The van der Waals surface area contributed by atoms with Crippen LogP contribution in [0.3, 0.4) is 0 Å². The zero-order valence-corrected chi connectivity index (χ0v) is 31.1. The van der Waals surface area contributed by atoms with Gasteiger partial charge in [0.05, 0.1) is 3.21 Å². The summed E-state index contributed by atoms with van der Waals surface area (Å²) >= 11 is 5.18. The van der Waals surface area contributed by atoms with Gasteiger partial charge in [0, 0.05) is 32.8 Å². The number of rotatable bonds is 7. The minimum absolute atomic E-state index is 0. The van der Waals surface area contributed by atoms with Crippen molar-refractivity contribution in [3.63, 3.8) is 0 Å². The van der Waals surface area contributed by atoms with Crippen molar-refractivity contribution in [3.05, 3.63) is 108 Å². The summed E-state index contributed by atoms with van der Waals surface area (Å²) in [6, 6.07) is 33.4.